The molecule has 11 heteroatoms. The summed E-state index contributed by atoms with van der Waals surface area (Å²) >= 11 is 1.52. The standard InChI is InChI=1S/C27H23F3N4O3S/c1-26(2)15-34(23-21(35)12-11-18(22(23)26)24-31-13-14-38-24)20-6-4-3-5-19(20)33-25(36)32-16-7-9-17(10-8-16)37-27(28,29)30/h3-14,35H,15H2,1-2H3,(H2,32,33,36). The number of aromatic hydroxyl groups is 1. The van der Waals surface area contributed by atoms with Crippen LogP contribution in [-0.2, 0) is 5.41 Å². The van der Waals surface area contributed by atoms with Gasteiger partial charge in [0.2, 0.25) is 0 Å². The number of hydrogen-bond acceptors (Lipinski definition) is 6. The summed E-state index contributed by atoms with van der Waals surface area (Å²) in [6.07, 6.45) is -3.05. The summed E-state index contributed by atoms with van der Waals surface area (Å²) in [6, 6.07) is 15.0. The predicted octanol–water partition coefficient (Wildman–Crippen LogP) is 7.49. The lowest BCUT2D eigenvalue weighted by Gasteiger charge is -2.25. The van der Waals surface area contributed by atoms with Crippen LogP contribution in [0.15, 0.2) is 72.2 Å². The molecule has 1 aliphatic heterocycles. The van der Waals surface area contributed by atoms with E-state index in [9.17, 15) is 23.1 Å². The van der Waals surface area contributed by atoms with Gasteiger partial charge in [-0.05, 0) is 54.1 Å². The highest BCUT2D eigenvalue weighted by molar-refractivity contribution is 7.13. The van der Waals surface area contributed by atoms with Gasteiger partial charge >= 0.3 is 12.4 Å². The maximum atomic E-state index is 12.8. The molecule has 38 heavy (non-hydrogen) atoms. The average Bonchev–Trinajstić information content (AvgIpc) is 3.47. The van der Waals surface area contributed by atoms with E-state index in [2.05, 4.69) is 34.2 Å². The molecular weight excluding hydrogens is 517 g/mol. The third-order valence-corrected chi connectivity index (χ3v) is 6.91. The number of halogens is 3. The number of carbonyl (C=O) groups excluding carboxylic acids is 1. The number of urea groups is 1. The zero-order valence-corrected chi connectivity index (χ0v) is 21.2. The number of anilines is 4. The Bertz CT molecular complexity index is 1470. The van der Waals surface area contributed by atoms with Crippen molar-refractivity contribution in [1.82, 2.24) is 4.98 Å². The predicted molar refractivity (Wildman–Crippen MR) is 141 cm³/mol. The zero-order valence-electron chi connectivity index (χ0n) is 20.3. The normalized spacial score (nSPS) is 14.2. The van der Waals surface area contributed by atoms with Crippen molar-refractivity contribution in [3.63, 3.8) is 0 Å². The lowest BCUT2D eigenvalue weighted by molar-refractivity contribution is -0.274. The molecule has 2 heterocycles. The summed E-state index contributed by atoms with van der Waals surface area (Å²) in [5.74, 6) is -0.271. The molecule has 2 amide bonds. The van der Waals surface area contributed by atoms with Crippen molar-refractivity contribution in [2.45, 2.75) is 25.6 Å². The number of fused-ring (bicyclic) bond motifs is 1. The molecule has 1 aromatic heterocycles. The second-order valence-electron chi connectivity index (χ2n) is 9.33. The second-order valence-corrected chi connectivity index (χ2v) is 10.2. The third kappa shape index (κ3) is 5.10. The minimum Gasteiger partial charge on any atom is -0.506 e. The van der Waals surface area contributed by atoms with E-state index in [1.165, 1.54) is 23.5 Å². The fourth-order valence-corrected chi connectivity index (χ4v) is 5.34. The Morgan fingerprint density at radius 1 is 1.08 bits per heavy atom. The van der Waals surface area contributed by atoms with Crippen molar-refractivity contribution >= 4 is 40.1 Å². The SMILES string of the molecule is CC1(C)CN(c2ccccc2NC(=O)Nc2ccc(OC(F)(F)F)cc2)c2c(O)ccc(-c3nccs3)c21. The lowest BCUT2D eigenvalue weighted by atomic mass is 9.83. The molecule has 3 aromatic carbocycles. The topological polar surface area (TPSA) is 86.7 Å². The molecule has 0 spiro atoms. The first-order valence-electron chi connectivity index (χ1n) is 11.6. The molecule has 196 valence electrons. The molecule has 4 aromatic rings. The van der Waals surface area contributed by atoms with Gasteiger partial charge < -0.3 is 25.4 Å². The molecule has 5 rings (SSSR count). The summed E-state index contributed by atoms with van der Waals surface area (Å²) in [4.78, 5) is 19.2. The van der Waals surface area contributed by atoms with Gasteiger partial charge in [0.25, 0.3) is 0 Å². The first-order chi connectivity index (χ1) is 18.0. The van der Waals surface area contributed by atoms with Gasteiger partial charge in [-0.15, -0.1) is 24.5 Å². The lowest BCUT2D eigenvalue weighted by Crippen LogP contribution is -2.27. The number of phenolic OH excluding ortho intramolecular Hbond substituents is 1. The summed E-state index contributed by atoms with van der Waals surface area (Å²) in [6.45, 7) is 4.73. The minimum atomic E-state index is -4.80. The highest BCUT2D eigenvalue weighted by atomic mass is 32.1. The summed E-state index contributed by atoms with van der Waals surface area (Å²) < 4.78 is 41.0. The van der Waals surface area contributed by atoms with Crippen molar-refractivity contribution in [2.24, 2.45) is 0 Å². The van der Waals surface area contributed by atoms with Gasteiger partial charge in [0.15, 0.2) is 0 Å². The van der Waals surface area contributed by atoms with E-state index >= 15 is 0 Å². The fourth-order valence-electron chi connectivity index (χ4n) is 4.67. The van der Waals surface area contributed by atoms with Crippen LogP contribution in [0, 0.1) is 0 Å². The number of alkyl halides is 3. The molecule has 0 fully saturated rings. The van der Waals surface area contributed by atoms with E-state index in [0.717, 1.165) is 28.3 Å². The fraction of sp³-hybridized carbons (Fsp3) is 0.185. The summed E-state index contributed by atoms with van der Waals surface area (Å²) in [7, 11) is 0. The first-order valence-corrected chi connectivity index (χ1v) is 12.5. The van der Waals surface area contributed by atoms with Crippen molar-refractivity contribution < 1.29 is 27.8 Å². The number of hydrogen-bond donors (Lipinski definition) is 3. The largest absolute Gasteiger partial charge is 0.573 e. The second kappa shape index (κ2) is 9.56. The zero-order chi connectivity index (χ0) is 27.1. The number of rotatable bonds is 5. The molecule has 7 nitrogen and oxygen atoms in total. The molecule has 0 unspecified atom stereocenters. The molecule has 1 aliphatic rings. The van der Waals surface area contributed by atoms with Crippen LogP contribution in [-0.4, -0.2) is 29.0 Å². The Morgan fingerprint density at radius 2 is 1.82 bits per heavy atom. The number of ether oxygens (including phenoxy) is 1. The maximum Gasteiger partial charge on any atom is 0.573 e. The Hall–Kier alpha value is -4.25. The van der Waals surface area contributed by atoms with Gasteiger partial charge in [0.05, 0.1) is 17.1 Å². The van der Waals surface area contributed by atoms with Crippen LogP contribution in [0.2, 0.25) is 0 Å². The number of nitrogens with one attached hydrogen (secondary N) is 2. The Balaban J connectivity index is 1.42. The number of carbonyl (C=O) groups is 1. The first kappa shape index (κ1) is 25.4. The van der Waals surface area contributed by atoms with Crippen LogP contribution in [0.25, 0.3) is 10.6 Å². The highest BCUT2D eigenvalue weighted by Gasteiger charge is 2.41. The van der Waals surface area contributed by atoms with Gasteiger partial charge in [-0.25, -0.2) is 9.78 Å². The minimum absolute atomic E-state index is 0.117. The van der Waals surface area contributed by atoms with Crippen molar-refractivity contribution in [3.8, 4) is 22.1 Å². The van der Waals surface area contributed by atoms with Crippen LogP contribution in [0.3, 0.4) is 0 Å². The number of amides is 2. The van der Waals surface area contributed by atoms with Crippen molar-refractivity contribution in [3.05, 3.63) is 77.8 Å². The Kier molecular flexibility index (Phi) is 6.39. The van der Waals surface area contributed by atoms with E-state index in [1.54, 1.807) is 24.4 Å². The molecule has 0 aliphatic carbocycles. The van der Waals surface area contributed by atoms with Crippen LogP contribution in [0.4, 0.5) is 40.7 Å². The molecule has 0 saturated heterocycles. The maximum absolute atomic E-state index is 12.8. The Labute approximate surface area is 220 Å². The summed E-state index contributed by atoms with van der Waals surface area (Å²) in [5, 5.41) is 19.1. The molecule has 0 saturated carbocycles. The van der Waals surface area contributed by atoms with Gasteiger partial charge in [-0.1, -0.05) is 26.0 Å². The number of aromatic nitrogens is 1. The molecule has 0 atom stereocenters. The number of thiazole rings is 1. The van der Waals surface area contributed by atoms with Crippen LogP contribution >= 0.6 is 11.3 Å². The van der Waals surface area contributed by atoms with Crippen molar-refractivity contribution in [2.75, 3.05) is 22.1 Å². The average molecular weight is 541 g/mol. The number of benzene rings is 3. The van der Waals surface area contributed by atoms with E-state index in [4.69, 9.17) is 0 Å². The molecule has 0 bridgehead atoms. The number of phenols is 1. The number of nitrogens with zero attached hydrogens (tertiary/aromatic N) is 2. The summed E-state index contributed by atoms with van der Waals surface area (Å²) in [5.41, 5.74) is 3.67. The molecule has 0 radical (unpaired) electrons. The van der Waals surface area contributed by atoms with Gasteiger partial charge in [-0.2, -0.15) is 0 Å². The van der Waals surface area contributed by atoms with Gasteiger partial charge in [0, 0.05) is 34.8 Å². The monoisotopic (exact) mass is 540 g/mol. The van der Waals surface area contributed by atoms with Crippen LogP contribution in [0.5, 0.6) is 11.5 Å². The van der Waals surface area contributed by atoms with Crippen LogP contribution in [0.1, 0.15) is 19.4 Å². The smallest absolute Gasteiger partial charge is 0.506 e. The van der Waals surface area contributed by atoms with Crippen LogP contribution < -0.4 is 20.3 Å². The van der Waals surface area contributed by atoms with Gasteiger partial charge in [0.1, 0.15) is 16.5 Å². The Morgan fingerprint density at radius 3 is 2.50 bits per heavy atom. The molecular formula is C27H23F3N4O3S. The van der Waals surface area contributed by atoms with Crippen molar-refractivity contribution in [1.29, 1.82) is 0 Å². The van der Waals surface area contributed by atoms with E-state index in [0.29, 0.717) is 23.6 Å². The third-order valence-electron chi connectivity index (χ3n) is 6.11. The molecule has 3 N–H and O–H groups in total. The van der Waals surface area contributed by atoms with E-state index in [1.807, 2.05) is 28.5 Å². The highest BCUT2D eigenvalue weighted by Crippen LogP contribution is 2.53. The van der Waals surface area contributed by atoms with E-state index < -0.39 is 12.4 Å². The van der Waals surface area contributed by atoms with E-state index in [-0.39, 0.29) is 22.6 Å². The quantitative estimate of drug-likeness (QED) is 0.244. The van der Waals surface area contributed by atoms with Gasteiger partial charge in [-0.3, -0.25) is 0 Å². The number of para-hydroxylation sites is 2.